The van der Waals surface area contributed by atoms with Gasteiger partial charge < -0.3 is 20.1 Å². The Morgan fingerprint density at radius 2 is 0.618 bits per heavy atom. The summed E-state index contributed by atoms with van der Waals surface area (Å²) in [7, 11) is -4.40. The number of hydrogen-bond donors (Lipinski definition) is 2. The molecule has 3 N–H and O–H groups in total. The Morgan fingerprint density at radius 1 is 0.348 bits per heavy atom. The van der Waals surface area contributed by atoms with Crippen molar-refractivity contribution in [2.24, 2.45) is 5.73 Å². The number of carbonyl (C=O) groups excluding carboxylic acids is 2. The third kappa shape index (κ3) is 74.4. The zero-order chi connectivity index (χ0) is 64.4. The zero-order valence-electron chi connectivity index (χ0n) is 58.7. The van der Waals surface area contributed by atoms with Crippen LogP contribution in [0.15, 0.2) is 72.9 Å². The SMILES string of the molecule is CC/C=C\C/C=C\C/C=C\C/C=C\C/C=C\CCCCCCCCCCCCCC(=O)OC(COC(=O)CCCCCCCCCCCCCCCCCCCCCCCCCCCCCCC/C=C\CCCCCCCCCC)COP(=O)(O)OCCN. The van der Waals surface area contributed by atoms with Crippen molar-refractivity contribution in [3.63, 3.8) is 0 Å². The van der Waals surface area contributed by atoms with Crippen LogP contribution in [-0.2, 0) is 32.7 Å². The molecule has 0 radical (unpaired) electrons. The predicted octanol–water partition coefficient (Wildman–Crippen LogP) is 25.5. The molecule has 0 amide bonds. The van der Waals surface area contributed by atoms with Crippen LogP contribution in [0.1, 0.15) is 386 Å². The van der Waals surface area contributed by atoms with Crippen LogP contribution in [0.5, 0.6) is 0 Å². The smallest absolute Gasteiger partial charge is 0.462 e. The lowest BCUT2D eigenvalue weighted by molar-refractivity contribution is -0.161. The van der Waals surface area contributed by atoms with Gasteiger partial charge in [-0.25, -0.2) is 4.57 Å². The van der Waals surface area contributed by atoms with E-state index in [2.05, 4.69) is 86.8 Å². The maximum atomic E-state index is 12.8. The molecule has 0 aliphatic rings. The molecule has 2 atom stereocenters. The summed E-state index contributed by atoms with van der Waals surface area (Å²) in [5.74, 6) is -0.816. The Labute approximate surface area is 552 Å². The van der Waals surface area contributed by atoms with Gasteiger partial charge in [-0.05, 0) is 83.5 Å². The molecule has 2 unspecified atom stereocenters. The summed E-state index contributed by atoms with van der Waals surface area (Å²) in [6.45, 7) is 3.68. The van der Waals surface area contributed by atoms with E-state index in [1.807, 2.05) is 0 Å². The van der Waals surface area contributed by atoms with E-state index in [0.717, 1.165) is 77.0 Å². The number of esters is 2. The second-order valence-electron chi connectivity index (χ2n) is 25.8. The molecular weight excluding hydrogens is 1120 g/mol. The van der Waals surface area contributed by atoms with Crippen LogP contribution in [0, 0.1) is 0 Å². The molecule has 0 aliphatic heterocycles. The average Bonchev–Trinajstić information content (AvgIpc) is 3.64. The van der Waals surface area contributed by atoms with Gasteiger partial charge in [-0.2, -0.15) is 0 Å². The number of unbranched alkanes of at least 4 members (excludes halogenated alkanes) is 48. The van der Waals surface area contributed by atoms with E-state index >= 15 is 0 Å². The standard InChI is InChI=1S/C79H146NO8P/c1-3-5-7-9-11-13-15-17-19-21-23-25-27-29-31-32-33-34-35-36-37-38-39-40-41-42-43-44-46-47-49-51-53-55-57-59-61-63-65-67-69-71-78(81)85-75-77(76-87-89(83,84)86-74-73-80)88-79(82)72-70-68-66-64-62-60-58-56-54-52-50-48-45-30-28-26-24-22-20-18-16-14-12-10-8-6-4-2/h6,8,12,14,18,20-21,23-24,26,30,45,77H,3-5,7,9-11,13,15-17,19,22,25,27-29,31-44,46-76,80H2,1-2H3,(H,83,84)/b8-6-,14-12-,20-18-,23-21-,26-24-,45-30-. The molecule has 0 spiro atoms. The third-order valence-electron chi connectivity index (χ3n) is 17.1. The lowest BCUT2D eigenvalue weighted by Gasteiger charge is -2.19. The van der Waals surface area contributed by atoms with Gasteiger partial charge in [-0.3, -0.25) is 18.6 Å². The molecule has 0 aliphatic carbocycles. The van der Waals surface area contributed by atoms with Gasteiger partial charge in [0.25, 0.3) is 0 Å². The van der Waals surface area contributed by atoms with Crippen LogP contribution in [0.4, 0.5) is 0 Å². The predicted molar refractivity (Wildman–Crippen MR) is 386 cm³/mol. The summed E-state index contributed by atoms with van der Waals surface area (Å²) in [6, 6.07) is 0. The first-order valence-corrected chi connectivity index (χ1v) is 39.9. The second-order valence-corrected chi connectivity index (χ2v) is 27.3. The van der Waals surface area contributed by atoms with Crippen LogP contribution >= 0.6 is 7.82 Å². The molecule has 0 fully saturated rings. The first-order valence-electron chi connectivity index (χ1n) is 38.4. The molecule has 9 nitrogen and oxygen atoms in total. The number of nitrogens with two attached hydrogens (primary N) is 1. The van der Waals surface area contributed by atoms with Crippen LogP contribution in [-0.4, -0.2) is 49.3 Å². The van der Waals surface area contributed by atoms with Crippen molar-refractivity contribution in [3.8, 4) is 0 Å². The minimum absolute atomic E-state index is 0.0523. The lowest BCUT2D eigenvalue weighted by atomic mass is 10.0. The van der Waals surface area contributed by atoms with E-state index in [4.69, 9.17) is 24.3 Å². The topological polar surface area (TPSA) is 134 Å². The average molecular weight is 1270 g/mol. The summed E-state index contributed by atoms with van der Waals surface area (Å²) < 4.78 is 33.2. The summed E-state index contributed by atoms with van der Waals surface area (Å²) >= 11 is 0. The molecule has 0 saturated heterocycles. The van der Waals surface area contributed by atoms with Gasteiger partial charge in [0, 0.05) is 19.4 Å². The van der Waals surface area contributed by atoms with E-state index in [9.17, 15) is 19.0 Å². The molecule has 10 heteroatoms. The van der Waals surface area contributed by atoms with Crippen molar-refractivity contribution in [2.75, 3.05) is 26.4 Å². The summed E-state index contributed by atoms with van der Waals surface area (Å²) in [5, 5.41) is 0. The highest BCUT2D eigenvalue weighted by Gasteiger charge is 2.26. The van der Waals surface area contributed by atoms with Gasteiger partial charge in [-0.1, -0.05) is 363 Å². The molecule has 0 aromatic rings. The fraction of sp³-hybridized carbons (Fsp3) is 0.823. The summed E-state index contributed by atoms with van der Waals surface area (Å²) in [4.78, 5) is 35.4. The highest BCUT2D eigenvalue weighted by molar-refractivity contribution is 7.47. The summed E-state index contributed by atoms with van der Waals surface area (Å²) in [6.07, 6.45) is 99.0. The van der Waals surface area contributed by atoms with E-state index < -0.39 is 26.5 Å². The van der Waals surface area contributed by atoms with Gasteiger partial charge in [0.05, 0.1) is 13.2 Å². The Bertz CT molecular complexity index is 1690. The van der Waals surface area contributed by atoms with Gasteiger partial charge in [0.2, 0.25) is 0 Å². The first kappa shape index (κ1) is 86.5. The Kier molecular flexibility index (Phi) is 72.4. The van der Waals surface area contributed by atoms with Crippen molar-refractivity contribution >= 4 is 19.8 Å². The minimum atomic E-state index is -4.40. The van der Waals surface area contributed by atoms with Gasteiger partial charge >= 0.3 is 19.8 Å². The van der Waals surface area contributed by atoms with E-state index in [0.29, 0.717) is 6.42 Å². The molecule has 0 saturated carbocycles. The molecule has 0 aromatic carbocycles. The van der Waals surface area contributed by atoms with Crippen molar-refractivity contribution in [1.82, 2.24) is 0 Å². The van der Waals surface area contributed by atoms with Crippen molar-refractivity contribution in [2.45, 2.75) is 392 Å². The van der Waals surface area contributed by atoms with Crippen LogP contribution in [0.2, 0.25) is 0 Å². The maximum absolute atomic E-state index is 12.8. The highest BCUT2D eigenvalue weighted by atomic mass is 31.2. The number of hydrogen-bond acceptors (Lipinski definition) is 8. The second kappa shape index (κ2) is 74.5. The van der Waals surface area contributed by atoms with E-state index in [-0.39, 0.29) is 38.6 Å². The maximum Gasteiger partial charge on any atom is 0.472 e. The first-order chi connectivity index (χ1) is 43.8. The van der Waals surface area contributed by atoms with Crippen molar-refractivity contribution in [1.29, 1.82) is 0 Å². The number of carbonyl (C=O) groups is 2. The van der Waals surface area contributed by atoms with Gasteiger partial charge in [-0.15, -0.1) is 0 Å². The Balaban J connectivity index is 3.76. The number of rotatable bonds is 73. The fourth-order valence-electron chi connectivity index (χ4n) is 11.4. The van der Waals surface area contributed by atoms with Gasteiger partial charge in [0.15, 0.2) is 6.10 Å². The van der Waals surface area contributed by atoms with Crippen molar-refractivity contribution < 1.29 is 37.6 Å². The quantitative estimate of drug-likeness (QED) is 0.0264. The number of phosphoric acid groups is 1. The molecule has 0 heterocycles. The number of allylic oxidation sites excluding steroid dienone is 12. The Morgan fingerprint density at radius 3 is 0.933 bits per heavy atom. The molecule has 520 valence electrons. The fourth-order valence-corrected chi connectivity index (χ4v) is 12.2. The molecular formula is C79H146NO8P. The van der Waals surface area contributed by atoms with E-state index in [1.165, 1.54) is 276 Å². The Hall–Kier alpha value is -2.55. The third-order valence-corrected chi connectivity index (χ3v) is 18.1. The lowest BCUT2D eigenvalue weighted by Crippen LogP contribution is -2.29. The van der Waals surface area contributed by atoms with Crippen LogP contribution < -0.4 is 5.73 Å². The minimum Gasteiger partial charge on any atom is -0.462 e. The molecule has 0 bridgehead atoms. The van der Waals surface area contributed by atoms with Gasteiger partial charge in [0.1, 0.15) is 6.61 Å². The van der Waals surface area contributed by atoms with Crippen LogP contribution in [0.25, 0.3) is 0 Å². The molecule has 89 heavy (non-hydrogen) atoms. The largest absolute Gasteiger partial charge is 0.472 e. The number of phosphoric ester groups is 1. The normalized spacial score (nSPS) is 13.3. The van der Waals surface area contributed by atoms with Crippen LogP contribution in [0.3, 0.4) is 0 Å². The molecule has 0 rings (SSSR count). The summed E-state index contributed by atoms with van der Waals surface area (Å²) in [5.41, 5.74) is 5.41. The zero-order valence-corrected chi connectivity index (χ0v) is 59.6. The molecule has 0 aromatic heterocycles. The highest BCUT2D eigenvalue weighted by Crippen LogP contribution is 2.43. The monoisotopic (exact) mass is 1270 g/mol. The number of ether oxygens (including phenoxy) is 2. The van der Waals surface area contributed by atoms with E-state index in [1.54, 1.807) is 0 Å². The van der Waals surface area contributed by atoms with Crippen molar-refractivity contribution in [3.05, 3.63) is 72.9 Å².